The summed E-state index contributed by atoms with van der Waals surface area (Å²) in [6, 6.07) is 7.11. The highest BCUT2D eigenvalue weighted by atomic mass is 16.5. The third-order valence-corrected chi connectivity index (χ3v) is 2.75. The Morgan fingerprint density at radius 3 is 2.58 bits per heavy atom. The maximum Gasteiger partial charge on any atom is 0.255 e. The van der Waals surface area contributed by atoms with E-state index in [9.17, 15) is 4.79 Å². The van der Waals surface area contributed by atoms with Crippen molar-refractivity contribution >= 4 is 5.91 Å². The first-order valence-electron chi connectivity index (χ1n) is 6.50. The highest BCUT2D eigenvalue weighted by Crippen LogP contribution is 2.20. The molecular formula is C15H24N2O2. The van der Waals surface area contributed by atoms with E-state index in [0.717, 1.165) is 6.42 Å². The fourth-order valence-electron chi connectivity index (χ4n) is 2.01. The standard InChI is InChI=1S/C15H24N2O2/c1-15(2,3)9-11(16)10-17-14(18)12-7-5-6-8-13(12)19-4/h5-8,11H,9-10,16H2,1-4H3,(H,17,18). The predicted octanol–water partition coefficient (Wildman–Crippen LogP) is 2.19. The summed E-state index contributed by atoms with van der Waals surface area (Å²) in [7, 11) is 1.55. The van der Waals surface area contributed by atoms with Crippen LogP contribution < -0.4 is 15.8 Å². The normalized spacial score (nSPS) is 12.9. The second-order valence-corrected chi connectivity index (χ2v) is 5.94. The summed E-state index contributed by atoms with van der Waals surface area (Å²) in [6.07, 6.45) is 0.860. The lowest BCUT2D eigenvalue weighted by atomic mass is 9.88. The number of hydrogen-bond acceptors (Lipinski definition) is 3. The van der Waals surface area contributed by atoms with E-state index >= 15 is 0 Å². The second kappa shape index (κ2) is 6.57. The van der Waals surface area contributed by atoms with Crippen LogP contribution >= 0.6 is 0 Å². The molecule has 0 aliphatic carbocycles. The molecule has 0 radical (unpaired) electrons. The van der Waals surface area contributed by atoms with Crippen LogP contribution in [0.5, 0.6) is 5.75 Å². The minimum atomic E-state index is -0.151. The van der Waals surface area contributed by atoms with Crippen LogP contribution in [-0.4, -0.2) is 25.6 Å². The Bertz CT molecular complexity index is 424. The first kappa shape index (κ1) is 15.5. The molecule has 4 heteroatoms. The van der Waals surface area contributed by atoms with E-state index in [1.54, 1.807) is 19.2 Å². The van der Waals surface area contributed by atoms with Crippen LogP contribution in [0.25, 0.3) is 0 Å². The fraction of sp³-hybridized carbons (Fsp3) is 0.533. The van der Waals surface area contributed by atoms with Gasteiger partial charge in [-0.3, -0.25) is 4.79 Å². The molecule has 4 nitrogen and oxygen atoms in total. The van der Waals surface area contributed by atoms with Gasteiger partial charge in [-0.1, -0.05) is 32.9 Å². The molecule has 0 spiro atoms. The highest BCUT2D eigenvalue weighted by molar-refractivity contribution is 5.96. The second-order valence-electron chi connectivity index (χ2n) is 5.94. The molecule has 0 saturated carbocycles. The van der Waals surface area contributed by atoms with Crippen LogP contribution in [0.15, 0.2) is 24.3 Å². The third-order valence-electron chi connectivity index (χ3n) is 2.75. The topological polar surface area (TPSA) is 64.3 Å². The lowest BCUT2D eigenvalue weighted by Gasteiger charge is -2.23. The summed E-state index contributed by atoms with van der Waals surface area (Å²) < 4.78 is 5.16. The Kier molecular flexibility index (Phi) is 5.36. The first-order valence-corrected chi connectivity index (χ1v) is 6.50. The Morgan fingerprint density at radius 2 is 2.00 bits per heavy atom. The summed E-state index contributed by atoms with van der Waals surface area (Å²) in [5.41, 5.74) is 6.71. The average Bonchev–Trinajstić information content (AvgIpc) is 2.33. The van der Waals surface area contributed by atoms with Crippen LogP contribution in [0.2, 0.25) is 0 Å². The van der Waals surface area contributed by atoms with E-state index in [4.69, 9.17) is 10.5 Å². The van der Waals surface area contributed by atoms with Gasteiger partial charge in [0.25, 0.3) is 5.91 Å². The average molecular weight is 264 g/mol. The van der Waals surface area contributed by atoms with E-state index in [0.29, 0.717) is 17.9 Å². The molecule has 106 valence electrons. The van der Waals surface area contributed by atoms with Crippen molar-refractivity contribution in [3.05, 3.63) is 29.8 Å². The van der Waals surface area contributed by atoms with Gasteiger partial charge in [0, 0.05) is 12.6 Å². The number of carbonyl (C=O) groups is 1. The van der Waals surface area contributed by atoms with Crippen molar-refractivity contribution in [2.24, 2.45) is 11.1 Å². The van der Waals surface area contributed by atoms with Crippen molar-refractivity contribution in [3.63, 3.8) is 0 Å². The van der Waals surface area contributed by atoms with E-state index in [2.05, 4.69) is 26.1 Å². The molecular weight excluding hydrogens is 240 g/mol. The molecule has 1 amide bonds. The van der Waals surface area contributed by atoms with Crippen LogP contribution in [-0.2, 0) is 0 Å². The van der Waals surface area contributed by atoms with Gasteiger partial charge in [-0.15, -0.1) is 0 Å². The Balaban J connectivity index is 2.56. The molecule has 19 heavy (non-hydrogen) atoms. The van der Waals surface area contributed by atoms with E-state index in [1.807, 2.05) is 12.1 Å². The number of ether oxygens (including phenoxy) is 1. The van der Waals surface area contributed by atoms with E-state index < -0.39 is 0 Å². The Morgan fingerprint density at radius 1 is 1.37 bits per heavy atom. The van der Waals surface area contributed by atoms with Gasteiger partial charge >= 0.3 is 0 Å². The monoisotopic (exact) mass is 264 g/mol. The quantitative estimate of drug-likeness (QED) is 0.857. The molecule has 0 heterocycles. The number of rotatable bonds is 5. The maximum absolute atomic E-state index is 12.0. The van der Waals surface area contributed by atoms with Gasteiger partial charge in [-0.2, -0.15) is 0 Å². The van der Waals surface area contributed by atoms with E-state index in [1.165, 1.54) is 0 Å². The molecule has 1 atom stereocenters. The number of hydrogen-bond donors (Lipinski definition) is 2. The molecule has 0 bridgehead atoms. The SMILES string of the molecule is COc1ccccc1C(=O)NCC(N)CC(C)(C)C. The Labute approximate surface area is 115 Å². The zero-order valence-corrected chi connectivity index (χ0v) is 12.2. The van der Waals surface area contributed by atoms with Crippen molar-refractivity contribution in [3.8, 4) is 5.75 Å². The number of nitrogens with two attached hydrogens (primary N) is 1. The number of benzene rings is 1. The zero-order valence-electron chi connectivity index (χ0n) is 12.2. The van der Waals surface area contributed by atoms with Crippen molar-refractivity contribution in [1.29, 1.82) is 0 Å². The van der Waals surface area contributed by atoms with Crippen molar-refractivity contribution < 1.29 is 9.53 Å². The molecule has 0 aromatic heterocycles. The van der Waals surface area contributed by atoms with Gasteiger partial charge in [-0.25, -0.2) is 0 Å². The summed E-state index contributed by atoms with van der Waals surface area (Å²) >= 11 is 0. The van der Waals surface area contributed by atoms with Gasteiger partial charge in [-0.05, 0) is 24.0 Å². The molecule has 0 aliphatic rings. The van der Waals surface area contributed by atoms with Gasteiger partial charge in [0.1, 0.15) is 5.75 Å². The Hall–Kier alpha value is -1.55. The van der Waals surface area contributed by atoms with Gasteiger partial charge in [0.15, 0.2) is 0 Å². The van der Waals surface area contributed by atoms with Crippen molar-refractivity contribution in [1.82, 2.24) is 5.32 Å². The first-order chi connectivity index (χ1) is 8.83. The number of nitrogens with one attached hydrogen (secondary N) is 1. The smallest absolute Gasteiger partial charge is 0.255 e. The number of para-hydroxylation sites is 1. The van der Waals surface area contributed by atoms with Crippen LogP contribution in [0.4, 0.5) is 0 Å². The molecule has 0 saturated heterocycles. The number of amides is 1. The summed E-state index contributed by atoms with van der Waals surface area (Å²) in [5, 5.41) is 2.85. The molecule has 3 N–H and O–H groups in total. The highest BCUT2D eigenvalue weighted by Gasteiger charge is 2.17. The van der Waals surface area contributed by atoms with Crippen LogP contribution in [0.3, 0.4) is 0 Å². The lowest BCUT2D eigenvalue weighted by Crippen LogP contribution is -2.39. The predicted molar refractivity (Wildman–Crippen MR) is 77.4 cm³/mol. The number of carbonyl (C=O) groups excluding carboxylic acids is 1. The molecule has 1 aromatic carbocycles. The number of methoxy groups -OCH3 is 1. The summed E-state index contributed by atoms with van der Waals surface area (Å²) in [4.78, 5) is 12.0. The van der Waals surface area contributed by atoms with Crippen molar-refractivity contribution in [2.75, 3.05) is 13.7 Å². The maximum atomic E-state index is 12.0. The van der Waals surface area contributed by atoms with Gasteiger partial charge in [0.05, 0.1) is 12.7 Å². The summed E-state index contributed by atoms with van der Waals surface area (Å²) in [5.74, 6) is 0.422. The largest absolute Gasteiger partial charge is 0.496 e. The van der Waals surface area contributed by atoms with Gasteiger partial charge in [0.2, 0.25) is 0 Å². The van der Waals surface area contributed by atoms with Gasteiger partial charge < -0.3 is 15.8 Å². The lowest BCUT2D eigenvalue weighted by molar-refractivity contribution is 0.0945. The molecule has 1 aromatic rings. The van der Waals surface area contributed by atoms with Crippen LogP contribution in [0, 0.1) is 5.41 Å². The van der Waals surface area contributed by atoms with Crippen LogP contribution in [0.1, 0.15) is 37.6 Å². The molecule has 1 unspecified atom stereocenters. The zero-order chi connectivity index (χ0) is 14.5. The minimum absolute atomic E-state index is 0.0429. The third kappa shape index (κ3) is 5.30. The minimum Gasteiger partial charge on any atom is -0.496 e. The molecule has 1 rings (SSSR count). The molecule has 0 fully saturated rings. The summed E-state index contributed by atoms with van der Waals surface area (Å²) in [6.45, 7) is 6.87. The molecule has 0 aliphatic heterocycles. The fourth-order valence-corrected chi connectivity index (χ4v) is 2.01. The van der Waals surface area contributed by atoms with E-state index in [-0.39, 0.29) is 17.4 Å². The van der Waals surface area contributed by atoms with Crippen molar-refractivity contribution in [2.45, 2.75) is 33.2 Å².